The third kappa shape index (κ3) is 4.66. The molecule has 1 atom stereocenters. The third-order valence-electron chi connectivity index (χ3n) is 7.40. The smallest absolute Gasteiger partial charge is 0.224 e. The first-order valence-electron chi connectivity index (χ1n) is 12.8. The minimum atomic E-state index is 0.445. The molecule has 1 aliphatic heterocycles. The summed E-state index contributed by atoms with van der Waals surface area (Å²) in [5.74, 6) is 0.668. The summed E-state index contributed by atoms with van der Waals surface area (Å²) >= 11 is 0. The van der Waals surface area contributed by atoms with E-state index in [9.17, 15) is 0 Å². The van der Waals surface area contributed by atoms with Crippen molar-refractivity contribution in [1.29, 1.82) is 0 Å². The summed E-state index contributed by atoms with van der Waals surface area (Å²) in [5.41, 5.74) is 7.08. The molecule has 1 aliphatic carbocycles. The number of anilines is 1. The molecule has 2 aliphatic rings. The van der Waals surface area contributed by atoms with E-state index in [4.69, 9.17) is 10.1 Å². The van der Waals surface area contributed by atoms with Crippen LogP contribution in [0.3, 0.4) is 0 Å². The number of nitrogens with zero attached hydrogens (tertiary/aromatic N) is 5. The van der Waals surface area contributed by atoms with Gasteiger partial charge in [-0.05, 0) is 55.5 Å². The van der Waals surface area contributed by atoms with Gasteiger partial charge < -0.3 is 15.5 Å². The Hall–Kier alpha value is -3.29. The lowest BCUT2D eigenvalue weighted by atomic mass is 10.1. The number of likely N-dealkylation sites (tertiary alicyclic amines) is 1. The van der Waals surface area contributed by atoms with Gasteiger partial charge >= 0.3 is 0 Å². The second kappa shape index (κ2) is 9.76. The molecule has 2 aromatic heterocycles. The molecule has 180 valence electrons. The van der Waals surface area contributed by atoms with Crippen molar-refractivity contribution in [2.45, 2.75) is 38.3 Å². The molecule has 2 N–H and O–H groups in total. The zero-order valence-electron chi connectivity index (χ0n) is 20.4. The Morgan fingerprint density at radius 2 is 1.86 bits per heavy atom. The summed E-state index contributed by atoms with van der Waals surface area (Å²) < 4.78 is 1.85. The average Bonchev–Trinajstić information content (AvgIpc) is 3.63. The SMILES string of the molecule is Cn1nc(-c2ccc(CNC3CCc4ccccc43)cc2)c2cnc(NCCN3CCCC3)nc21. The van der Waals surface area contributed by atoms with Crippen LogP contribution in [0, 0.1) is 0 Å². The molecule has 0 spiro atoms. The molecular formula is C28H33N7. The summed E-state index contributed by atoms with van der Waals surface area (Å²) in [6, 6.07) is 17.9. The van der Waals surface area contributed by atoms with Gasteiger partial charge in [0.2, 0.25) is 5.95 Å². The van der Waals surface area contributed by atoms with Crippen LogP contribution in [-0.4, -0.2) is 50.8 Å². The minimum absolute atomic E-state index is 0.445. The fourth-order valence-corrected chi connectivity index (χ4v) is 5.46. The number of hydrogen-bond donors (Lipinski definition) is 2. The van der Waals surface area contributed by atoms with Crippen molar-refractivity contribution < 1.29 is 0 Å². The van der Waals surface area contributed by atoms with Crippen LogP contribution < -0.4 is 10.6 Å². The Bertz CT molecular complexity index is 1300. The quantitative estimate of drug-likeness (QED) is 0.402. The van der Waals surface area contributed by atoms with E-state index in [-0.39, 0.29) is 0 Å². The van der Waals surface area contributed by atoms with Crippen molar-refractivity contribution >= 4 is 17.0 Å². The standard InChI is InChI=1S/C28H33N7/c1-34-27-24(19-31-28(32-27)29-14-17-35-15-4-5-16-35)26(33-34)22-10-8-20(9-11-22)18-30-25-13-12-21-6-2-3-7-23(21)25/h2-3,6-11,19,25,30H,4-5,12-18H2,1H3,(H,29,31,32). The van der Waals surface area contributed by atoms with Crippen molar-refractivity contribution in [2.75, 3.05) is 31.5 Å². The molecule has 35 heavy (non-hydrogen) atoms. The van der Waals surface area contributed by atoms with E-state index in [1.165, 1.54) is 49.0 Å². The zero-order valence-corrected chi connectivity index (χ0v) is 20.4. The van der Waals surface area contributed by atoms with Gasteiger partial charge in [0.05, 0.1) is 5.39 Å². The van der Waals surface area contributed by atoms with Crippen LogP contribution >= 0.6 is 0 Å². The molecule has 7 nitrogen and oxygen atoms in total. The van der Waals surface area contributed by atoms with E-state index in [2.05, 4.69) is 69.0 Å². The number of rotatable bonds is 8. The maximum Gasteiger partial charge on any atom is 0.224 e. The number of benzene rings is 2. The van der Waals surface area contributed by atoms with Crippen molar-refractivity contribution in [3.05, 3.63) is 71.4 Å². The molecule has 0 saturated carbocycles. The summed E-state index contributed by atoms with van der Waals surface area (Å²) in [6.45, 7) is 5.16. The van der Waals surface area contributed by atoms with E-state index in [0.29, 0.717) is 12.0 Å². The van der Waals surface area contributed by atoms with Gasteiger partial charge in [0.15, 0.2) is 5.65 Å². The Morgan fingerprint density at radius 3 is 2.71 bits per heavy atom. The molecule has 6 rings (SSSR count). The van der Waals surface area contributed by atoms with Gasteiger partial charge in [-0.2, -0.15) is 10.1 Å². The lowest BCUT2D eigenvalue weighted by Crippen LogP contribution is -2.26. The maximum atomic E-state index is 4.77. The van der Waals surface area contributed by atoms with Gasteiger partial charge in [-0.3, -0.25) is 0 Å². The molecule has 0 amide bonds. The molecular weight excluding hydrogens is 434 g/mol. The highest BCUT2D eigenvalue weighted by Crippen LogP contribution is 2.31. The van der Waals surface area contributed by atoms with Crippen LogP contribution in [0.2, 0.25) is 0 Å². The predicted molar refractivity (Wildman–Crippen MR) is 140 cm³/mol. The van der Waals surface area contributed by atoms with Crippen molar-refractivity contribution in [3.63, 3.8) is 0 Å². The largest absolute Gasteiger partial charge is 0.353 e. The van der Waals surface area contributed by atoms with Gasteiger partial charge in [0.1, 0.15) is 5.69 Å². The van der Waals surface area contributed by atoms with E-state index < -0.39 is 0 Å². The molecule has 4 aromatic rings. The number of hydrogen-bond acceptors (Lipinski definition) is 6. The van der Waals surface area contributed by atoms with Crippen LogP contribution in [0.5, 0.6) is 0 Å². The van der Waals surface area contributed by atoms with Gasteiger partial charge in [0.25, 0.3) is 0 Å². The second-order valence-corrected chi connectivity index (χ2v) is 9.75. The van der Waals surface area contributed by atoms with Crippen LogP contribution in [0.4, 0.5) is 5.95 Å². The van der Waals surface area contributed by atoms with E-state index in [1.807, 2.05) is 17.9 Å². The highest BCUT2D eigenvalue weighted by atomic mass is 15.3. The molecule has 1 fully saturated rings. The number of aromatic nitrogens is 4. The van der Waals surface area contributed by atoms with Crippen LogP contribution in [0.1, 0.15) is 42.0 Å². The monoisotopic (exact) mass is 467 g/mol. The Labute approximate surface area is 206 Å². The van der Waals surface area contributed by atoms with Crippen LogP contribution in [0.25, 0.3) is 22.3 Å². The van der Waals surface area contributed by atoms with Crippen LogP contribution in [0.15, 0.2) is 54.7 Å². The first-order valence-corrected chi connectivity index (χ1v) is 12.8. The van der Waals surface area contributed by atoms with Crippen molar-refractivity contribution in [3.8, 4) is 11.3 Å². The lowest BCUT2D eigenvalue weighted by Gasteiger charge is -2.14. The Balaban J connectivity index is 1.12. The van der Waals surface area contributed by atoms with E-state index in [1.54, 1.807) is 0 Å². The van der Waals surface area contributed by atoms with Gasteiger partial charge in [-0.15, -0.1) is 0 Å². The summed E-state index contributed by atoms with van der Waals surface area (Å²) in [7, 11) is 1.95. The average molecular weight is 468 g/mol. The van der Waals surface area contributed by atoms with E-state index in [0.717, 1.165) is 48.3 Å². The molecule has 0 bridgehead atoms. The van der Waals surface area contributed by atoms with Crippen molar-refractivity contribution in [2.24, 2.45) is 7.05 Å². The summed E-state index contributed by atoms with van der Waals surface area (Å²) in [6.07, 6.45) is 6.86. The maximum absolute atomic E-state index is 4.77. The van der Waals surface area contributed by atoms with Crippen molar-refractivity contribution in [1.82, 2.24) is 30.0 Å². The van der Waals surface area contributed by atoms with Gasteiger partial charge in [0, 0.05) is 44.5 Å². The number of nitrogens with one attached hydrogen (secondary N) is 2. The summed E-state index contributed by atoms with van der Waals surface area (Å²) in [5, 5.41) is 12.9. The topological polar surface area (TPSA) is 70.9 Å². The number of fused-ring (bicyclic) bond motifs is 2. The molecule has 7 heteroatoms. The zero-order chi connectivity index (χ0) is 23.6. The highest BCUT2D eigenvalue weighted by Gasteiger charge is 2.21. The molecule has 3 heterocycles. The first kappa shape index (κ1) is 22.2. The summed E-state index contributed by atoms with van der Waals surface area (Å²) in [4.78, 5) is 11.8. The predicted octanol–water partition coefficient (Wildman–Crippen LogP) is 4.32. The Kier molecular flexibility index (Phi) is 6.19. The van der Waals surface area contributed by atoms with E-state index >= 15 is 0 Å². The van der Waals surface area contributed by atoms with Gasteiger partial charge in [-0.1, -0.05) is 48.5 Å². The third-order valence-corrected chi connectivity index (χ3v) is 7.40. The normalized spacial score (nSPS) is 17.8. The fourth-order valence-electron chi connectivity index (χ4n) is 5.46. The highest BCUT2D eigenvalue weighted by molar-refractivity contribution is 5.91. The molecule has 2 aromatic carbocycles. The molecule has 0 radical (unpaired) electrons. The number of aryl methyl sites for hydroxylation is 2. The molecule has 1 unspecified atom stereocenters. The first-order chi connectivity index (χ1) is 17.2. The fraction of sp³-hybridized carbons (Fsp3) is 0.393. The minimum Gasteiger partial charge on any atom is -0.353 e. The second-order valence-electron chi connectivity index (χ2n) is 9.75. The Morgan fingerprint density at radius 1 is 1.03 bits per heavy atom. The lowest BCUT2D eigenvalue weighted by molar-refractivity contribution is 0.352. The van der Waals surface area contributed by atoms with Gasteiger partial charge in [-0.25, -0.2) is 9.67 Å². The molecule has 1 saturated heterocycles. The van der Waals surface area contributed by atoms with Crippen LogP contribution in [-0.2, 0) is 20.0 Å².